The van der Waals surface area contributed by atoms with E-state index in [-0.39, 0.29) is 16.6 Å². The number of hydrogen-bond donors (Lipinski definition) is 2. The van der Waals surface area contributed by atoms with Gasteiger partial charge in [0, 0.05) is 13.3 Å². The van der Waals surface area contributed by atoms with Crippen LogP contribution in [0, 0.1) is 4.77 Å². The van der Waals surface area contributed by atoms with Crippen molar-refractivity contribution in [2.75, 3.05) is 0 Å². The first-order valence-corrected chi connectivity index (χ1v) is 5.58. The molecule has 0 aliphatic carbocycles. The van der Waals surface area contributed by atoms with Gasteiger partial charge in [0.05, 0.1) is 5.69 Å². The van der Waals surface area contributed by atoms with Gasteiger partial charge in [-0.05, 0) is 17.8 Å². The van der Waals surface area contributed by atoms with E-state index in [1.807, 2.05) is 30.3 Å². The molecule has 4 nitrogen and oxygen atoms in total. The summed E-state index contributed by atoms with van der Waals surface area (Å²) in [5.74, 6) is -0.258. The molecule has 0 radical (unpaired) electrons. The molecule has 1 aromatic heterocycles. The quantitative estimate of drug-likeness (QED) is 0.803. The van der Waals surface area contributed by atoms with Crippen LogP contribution in [0.4, 0.5) is 0 Å². The normalized spacial score (nSPS) is 10.4. The first-order valence-electron chi connectivity index (χ1n) is 5.17. The topological polar surface area (TPSA) is 58.0 Å². The van der Waals surface area contributed by atoms with Gasteiger partial charge < -0.3 is 10.1 Å². The van der Waals surface area contributed by atoms with Gasteiger partial charge in [-0.15, -0.1) is 0 Å². The van der Waals surface area contributed by atoms with Crippen molar-refractivity contribution in [3.8, 4) is 5.88 Å². The number of nitrogens with zero attached hydrogens (tertiary/aromatic N) is 1. The molecule has 0 saturated carbocycles. The Bertz CT molecular complexity index is 599. The third-order valence-electron chi connectivity index (χ3n) is 2.50. The standard InChI is InChI=1S/C12H12N2O2S/c1-8(15)14-10(11(16)13-12(14)17)7-9-5-3-2-4-6-9/h2-6,16H,7H2,1H3,(H,13,17). The van der Waals surface area contributed by atoms with Crippen molar-refractivity contribution in [2.24, 2.45) is 0 Å². The number of aromatic hydroxyl groups is 1. The van der Waals surface area contributed by atoms with Crippen molar-refractivity contribution in [1.82, 2.24) is 9.55 Å². The molecule has 0 aliphatic heterocycles. The summed E-state index contributed by atoms with van der Waals surface area (Å²) in [6.07, 6.45) is 0.458. The maximum atomic E-state index is 11.5. The van der Waals surface area contributed by atoms with Crippen LogP contribution in [0.1, 0.15) is 23.0 Å². The monoisotopic (exact) mass is 248 g/mol. The van der Waals surface area contributed by atoms with Crippen LogP contribution >= 0.6 is 12.2 Å². The van der Waals surface area contributed by atoms with E-state index in [0.717, 1.165) is 5.56 Å². The van der Waals surface area contributed by atoms with Gasteiger partial charge in [0.15, 0.2) is 4.77 Å². The highest BCUT2D eigenvalue weighted by atomic mass is 32.1. The summed E-state index contributed by atoms with van der Waals surface area (Å²) < 4.78 is 1.54. The molecule has 0 saturated heterocycles. The van der Waals surface area contributed by atoms with E-state index in [0.29, 0.717) is 12.1 Å². The number of H-pyrrole nitrogens is 1. The SMILES string of the molecule is CC(=O)n1c(Cc2ccccc2)c(O)[nH]c1=S. The van der Waals surface area contributed by atoms with Crippen LogP contribution in [0.15, 0.2) is 30.3 Å². The molecule has 0 fully saturated rings. The van der Waals surface area contributed by atoms with Crippen LogP contribution in [0.5, 0.6) is 5.88 Å². The Labute approximate surface area is 104 Å². The lowest BCUT2D eigenvalue weighted by Gasteiger charge is -2.04. The zero-order valence-electron chi connectivity index (χ0n) is 9.30. The number of benzene rings is 1. The van der Waals surface area contributed by atoms with E-state index < -0.39 is 0 Å². The number of aromatic nitrogens is 2. The van der Waals surface area contributed by atoms with Crippen molar-refractivity contribution in [1.29, 1.82) is 0 Å². The van der Waals surface area contributed by atoms with Gasteiger partial charge in [-0.25, -0.2) is 0 Å². The van der Waals surface area contributed by atoms with Gasteiger partial charge in [0.2, 0.25) is 11.8 Å². The fourth-order valence-electron chi connectivity index (χ4n) is 1.74. The number of carbonyl (C=O) groups is 1. The van der Waals surface area contributed by atoms with E-state index in [4.69, 9.17) is 12.2 Å². The zero-order valence-corrected chi connectivity index (χ0v) is 10.1. The summed E-state index contributed by atoms with van der Waals surface area (Å²) in [7, 11) is 0. The fourth-order valence-corrected chi connectivity index (χ4v) is 2.08. The molecule has 0 bridgehead atoms. The summed E-state index contributed by atoms with van der Waals surface area (Å²) in [5.41, 5.74) is 1.50. The Hall–Kier alpha value is -1.88. The second kappa shape index (κ2) is 4.55. The Balaban J connectivity index is 2.46. The highest BCUT2D eigenvalue weighted by Crippen LogP contribution is 2.19. The average molecular weight is 248 g/mol. The van der Waals surface area contributed by atoms with E-state index in [1.54, 1.807) is 0 Å². The van der Waals surface area contributed by atoms with E-state index >= 15 is 0 Å². The average Bonchev–Trinajstić information content (AvgIpc) is 2.55. The highest BCUT2D eigenvalue weighted by Gasteiger charge is 2.14. The maximum Gasteiger partial charge on any atom is 0.230 e. The van der Waals surface area contributed by atoms with Crippen LogP contribution in [0.3, 0.4) is 0 Å². The minimum Gasteiger partial charge on any atom is -0.493 e. The molecule has 2 aromatic rings. The molecule has 0 atom stereocenters. The summed E-state index contributed by atoms with van der Waals surface area (Å²) in [5, 5.41) is 9.73. The predicted octanol–water partition coefficient (Wildman–Crippen LogP) is 2.50. The number of nitrogens with one attached hydrogen (secondary N) is 1. The van der Waals surface area contributed by atoms with Gasteiger partial charge in [0.1, 0.15) is 0 Å². The largest absolute Gasteiger partial charge is 0.493 e. The molecule has 17 heavy (non-hydrogen) atoms. The molecule has 88 valence electrons. The second-order valence-electron chi connectivity index (χ2n) is 3.74. The zero-order chi connectivity index (χ0) is 12.4. The number of hydrogen-bond acceptors (Lipinski definition) is 3. The summed E-state index contributed by atoms with van der Waals surface area (Å²) in [6, 6.07) is 9.59. The van der Waals surface area contributed by atoms with Crippen molar-refractivity contribution >= 4 is 18.1 Å². The van der Waals surface area contributed by atoms with Gasteiger partial charge >= 0.3 is 0 Å². The molecule has 1 heterocycles. The number of aromatic amines is 1. The predicted molar refractivity (Wildman–Crippen MR) is 66.8 cm³/mol. The third kappa shape index (κ3) is 2.29. The number of imidazole rings is 1. The Morgan fingerprint density at radius 1 is 1.41 bits per heavy atom. The maximum absolute atomic E-state index is 11.5. The van der Waals surface area contributed by atoms with Crippen LogP contribution in [-0.4, -0.2) is 20.6 Å². The third-order valence-corrected chi connectivity index (χ3v) is 2.79. The number of rotatable bonds is 2. The molecule has 2 rings (SSSR count). The lowest BCUT2D eigenvalue weighted by Crippen LogP contribution is -2.10. The highest BCUT2D eigenvalue weighted by molar-refractivity contribution is 7.71. The van der Waals surface area contributed by atoms with Crippen molar-refractivity contribution < 1.29 is 9.90 Å². The van der Waals surface area contributed by atoms with E-state index in [2.05, 4.69) is 4.98 Å². The van der Waals surface area contributed by atoms with Gasteiger partial charge in [-0.2, -0.15) is 0 Å². The summed E-state index contributed by atoms with van der Waals surface area (Å²) >= 11 is 4.98. The van der Waals surface area contributed by atoms with Crippen molar-refractivity contribution in [2.45, 2.75) is 13.3 Å². The van der Waals surface area contributed by atoms with Gasteiger partial charge in [0.25, 0.3) is 0 Å². The number of carbonyl (C=O) groups excluding carboxylic acids is 1. The van der Waals surface area contributed by atoms with E-state index in [9.17, 15) is 9.90 Å². The molecule has 0 spiro atoms. The summed E-state index contributed by atoms with van der Waals surface area (Å²) in [4.78, 5) is 14.0. The van der Waals surface area contributed by atoms with Crippen molar-refractivity contribution in [3.05, 3.63) is 46.4 Å². The first kappa shape index (κ1) is 11.6. The molecular formula is C12H12N2O2S. The molecular weight excluding hydrogens is 236 g/mol. The molecule has 5 heteroatoms. The minimum atomic E-state index is -0.211. The lowest BCUT2D eigenvalue weighted by molar-refractivity contribution is 0.0931. The van der Waals surface area contributed by atoms with E-state index in [1.165, 1.54) is 11.5 Å². The van der Waals surface area contributed by atoms with Crippen LogP contribution in [0.25, 0.3) is 0 Å². The van der Waals surface area contributed by atoms with Crippen molar-refractivity contribution in [3.63, 3.8) is 0 Å². The molecule has 1 aromatic carbocycles. The van der Waals surface area contributed by atoms with Gasteiger partial charge in [-0.1, -0.05) is 30.3 Å². The van der Waals surface area contributed by atoms with Crippen LogP contribution in [0.2, 0.25) is 0 Å². The Morgan fingerprint density at radius 3 is 2.65 bits per heavy atom. The summed E-state index contributed by atoms with van der Waals surface area (Å²) in [6.45, 7) is 1.41. The van der Waals surface area contributed by atoms with Gasteiger partial charge in [-0.3, -0.25) is 9.36 Å². The molecule has 0 aliphatic rings. The van der Waals surface area contributed by atoms with Crippen LogP contribution in [-0.2, 0) is 6.42 Å². The smallest absolute Gasteiger partial charge is 0.230 e. The Kier molecular flexibility index (Phi) is 3.10. The molecule has 2 N–H and O–H groups in total. The molecule has 0 unspecified atom stereocenters. The molecule has 0 amide bonds. The first-order chi connectivity index (χ1) is 8.09. The van der Waals surface area contributed by atoms with Crippen LogP contribution < -0.4 is 0 Å². The second-order valence-corrected chi connectivity index (χ2v) is 4.13. The minimum absolute atomic E-state index is 0.0472. The lowest BCUT2D eigenvalue weighted by atomic mass is 10.1. The Morgan fingerprint density at radius 2 is 2.06 bits per heavy atom. The fraction of sp³-hybridized carbons (Fsp3) is 0.167.